The third-order valence-corrected chi connectivity index (χ3v) is 4.33. The number of hydrogen-bond acceptors (Lipinski definition) is 3. The second kappa shape index (κ2) is 8.36. The van der Waals surface area contributed by atoms with Gasteiger partial charge in [-0.1, -0.05) is 0 Å². The van der Waals surface area contributed by atoms with Gasteiger partial charge in [0.05, 0.1) is 0 Å². The monoisotopic (exact) mass is 314 g/mol. The first-order valence-corrected chi connectivity index (χ1v) is 8.15. The topological polar surface area (TPSA) is 64.2 Å². The summed E-state index contributed by atoms with van der Waals surface area (Å²) in [5.74, 6) is -0.426. The lowest BCUT2D eigenvalue weighted by molar-refractivity contribution is -0.116. The summed E-state index contributed by atoms with van der Waals surface area (Å²) in [4.78, 5) is 11.7. The molecule has 2 N–H and O–H groups in total. The Kier molecular flexibility index (Phi) is 7.14. The van der Waals surface area contributed by atoms with E-state index in [9.17, 15) is 13.7 Å². The Labute approximate surface area is 128 Å². The highest BCUT2D eigenvalue weighted by atomic mass is 32.2. The molecule has 0 unspecified atom stereocenters. The van der Waals surface area contributed by atoms with Crippen LogP contribution < -0.4 is 10.0 Å². The molecule has 6 heteroatoms. The average molecular weight is 314 g/mol. The third-order valence-electron chi connectivity index (χ3n) is 2.75. The van der Waals surface area contributed by atoms with E-state index in [0.29, 0.717) is 25.1 Å². The number of nitrogens with one attached hydrogen (secondary N) is 2. The molecule has 0 heterocycles. The maximum atomic E-state index is 12.7. The van der Waals surface area contributed by atoms with Crippen molar-refractivity contribution in [2.45, 2.75) is 44.8 Å². The zero-order valence-corrected chi connectivity index (χ0v) is 13.6. The number of benzene rings is 1. The van der Waals surface area contributed by atoms with Gasteiger partial charge in [-0.2, -0.15) is 0 Å². The van der Waals surface area contributed by atoms with Gasteiger partial charge in [0.2, 0.25) is 5.91 Å². The molecule has 1 amide bonds. The standard InChI is InChI=1S/C15H23FN2O2S/c1-15(2,3)21(20)17-11-5-4-6-14(19)18-13-9-7-12(16)8-10-13/h7-10,17H,4-6,11H2,1-3H3,(H,18,19)/t21-/m0/s1. The van der Waals surface area contributed by atoms with Gasteiger partial charge in [0, 0.05) is 30.0 Å². The van der Waals surface area contributed by atoms with Crippen LogP contribution in [0.1, 0.15) is 40.0 Å². The van der Waals surface area contributed by atoms with E-state index in [1.807, 2.05) is 20.8 Å². The quantitative estimate of drug-likeness (QED) is 0.601. The number of rotatable bonds is 7. The van der Waals surface area contributed by atoms with E-state index in [1.54, 1.807) is 0 Å². The molecule has 0 aliphatic heterocycles. The van der Waals surface area contributed by atoms with Crippen LogP contribution in [-0.4, -0.2) is 21.8 Å². The molecule has 1 rings (SSSR count). The first-order chi connectivity index (χ1) is 9.79. The van der Waals surface area contributed by atoms with Crippen molar-refractivity contribution < 1.29 is 13.7 Å². The maximum Gasteiger partial charge on any atom is 0.224 e. The molecule has 1 aromatic rings. The second-order valence-corrected chi connectivity index (χ2v) is 7.84. The summed E-state index contributed by atoms with van der Waals surface area (Å²) in [5.41, 5.74) is 0.591. The summed E-state index contributed by atoms with van der Waals surface area (Å²) in [6, 6.07) is 5.67. The van der Waals surface area contributed by atoms with Crippen molar-refractivity contribution in [3.8, 4) is 0 Å². The van der Waals surface area contributed by atoms with Crippen molar-refractivity contribution in [2.24, 2.45) is 0 Å². The molecule has 0 aromatic heterocycles. The summed E-state index contributed by atoms with van der Waals surface area (Å²) in [6.07, 6.45) is 1.88. The van der Waals surface area contributed by atoms with Gasteiger partial charge in [-0.15, -0.1) is 4.72 Å². The lowest BCUT2D eigenvalue weighted by atomic mass is 10.2. The second-order valence-electron chi connectivity index (χ2n) is 5.79. The molecule has 0 spiro atoms. The SMILES string of the molecule is CC(C)(C)[S@+]([O-])NCCCCC(=O)Nc1ccc(F)cc1. The Bertz CT molecular complexity index is 446. The third kappa shape index (κ3) is 7.45. The van der Waals surface area contributed by atoms with Gasteiger partial charge in [-0.3, -0.25) is 4.79 Å². The van der Waals surface area contributed by atoms with Crippen molar-refractivity contribution >= 4 is 23.0 Å². The highest BCUT2D eigenvalue weighted by Crippen LogP contribution is 2.13. The van der Waals surface area contributed by atoms with Gasteiger partial charge >= 0.3 is 0 Å². The normalized spacial score (nSPS) is 13.0. The molecular weight excluding hydrogens is 291 g/mol. The summed E-state index contributed by atoms with van der Waals surface area (Å²) in [7, 11) is 0. The zero-order valence-electron chi connectivity index (χ0n) is 12.7. The first-order valence-electron chi connectivity index (χ1n) is 7.00. The molecule has 4 nitrogen and oxygen atoms in total. The minimum atomic E-state index is -1.07. The first kappa shape index (κ1) is 17.9. The molecular formula is C15H23FN2O2S. The van der Waals surface area contributed by atoms with Gasteiger partial charge in [-0.25, -0.2) is 4.39 Å². The predicted molar refractivity (Wildman–Crippen MR) is 84.8 cm³/mol. The number of unbranched alkanes of at least 4 members (excludes halogenated alkanes) is 1. The van der Waals surface area contributed by atoms with Gasteiger partial charge in [0.25, 0.3) is 0 Å². The van der Waals surface area contributed by atoms with Gasteiger partial charge in [0.1, 0.15) is 10.6 Å². The molecule has 0 bridgehead atoms. The largest absolute Gasteiger partial charge is 0.598 e. The number of carbonyl (C=O) groups is 1. The molecule has 0 aliphatic carbocycles. The number of halogens is 1. The van der Waals surface area contributed by atoms with Crippen molar-refractivity contribution in [1.29, 1.82) is 0 Å². The number of anilines is 1. The van der Waals surface area contributed by atoms with E-state index in [-0.39, 0.29) is 16.5 Å². The van der Waals surface area contributed by atoms with Crippen molar-refractivity contribution in [3.05, 3.63) is 30.1 Å². The lowest BCUT2D eigenvalue weighted by Crippen LogP contribution is -2.39. The maximum absolute atomic E-state index is 12.7. The van der Waals surface area contributed by atoms with Gasteiger partial charge in [0.15, 0.2) is 0 Å². The minimum absolute atomic E-state index is 0.0986. The van der Waals surface area contributed by atoms with Crippen LogP contribution in [0.4, 0.5) is 10.1 Å². The van der Waals surface area contributed by atoms with Crippen LogP contribution in [0, 0.1) is 5.82 Å². The number of hydrogen-bond donors (Lipinski definition) is 2. The molecule has 1 atom stereocenters. The van der Waals surface area contributed by atoms with Crippen molar-refractivity contribution in [2.75, 3.05) is 11.9 Å². The summed E-state index contributed by atoms with van der Waals surface area (Å²) >= 11 is -1.07. The van der Waals surface area contributed by atoms with E-state index < -0.39 is 11.4 Å². The average Bonchev–Trinajstić information content (AvgIpc) is 2.39. The summed E-state index contributed by atoms with van der Waals surface area (Å²) in [5, 5.41) is 2.71. The molecule has 21 heavy (non-hydrogen) atoms. The zero-order chi connectivity index (χ0) is 15.9. The summed E-state index contributed by atoms with van der Waals surface area (Å²) in [6.45, 7) is 6.35. The van der Waals surface area contributed by atoms with Crippen LogP contribution >= 0.6 is 0 Å². The van der Waals surface area contributed by atoms with Crippen LogP contribution in [0.5, 0.6) is 0 Å². The van der Waals surface area contributed by atoms with E-state index in [0.717, 1.165) is 6.42 Å². The Hall–Kier alpha value is -1.11. The van der Waals surface area contributed by atoms with Crippen molar-refractivity contribution in [1.82, 2.24) is 4.72 Å². The predicted octanol–water partition coefficient (Wildman–Crippen LogP) is 2.99. The van der Waals surface area contributed by atoms with E-state index in [4.69, 9.17) is 0 Å². The Morgan fingerprint density at radius 2 is 1.86 bits per heavy atom. The minimum Gasteiger partial charge on any atom is -0.598 e. The van der Waals surface area contributed by atoms with Crippen molar-refractivity contribution in [3.63, 3.8) is 0 Å². The molecule has 0 saturated heterocycles. The van der Waals surface area contributed by atoms with Gasteiger partial charge in [-0.05, 0) is 57.9 Å². The molecule has 0 saturated carbocycles. The Morgan fingerprint density at radius 3 is 2.43 bits per heavy atom. The van der Waals surface area contributed by atoms with Crippen LogP contribution in [-0.2, 0) is 16.2 Å². The Balaban J connectivity index is 2.15. The van der Waals surface area contributed by atoms with E-state index >= 15 is 0 Å². The van der Waals surface area contributed by atoms with Crippen LogP contribution in [0.15, 0.2) is 24.3 Å². The fraction of sp³-hybridized carbons (Fsp3) is 0.533. The molecule has 0 aliphatic rings. The fourth-order valence-corrected chi connectivity index (χ4v) is 2.31. The highest BCUT2D eigenvalue weighted by molar-refractivity contribution is 7.90. The van der Waals surface area contributed by atoms with Gasteiger partial charge < -0.3 is 9.87 Å². The smallest absolute Gasteiger partial charge is 0.224 e. The van der Waals surface area contributed by atoms with Crippen LogP contribution in [0.25, 0.3) is 0 Å². The molecule has 118 valence electrons. The number of carbonyl (C=O) groups excluding carboxylic acids is 1. The molecule has 0 radical (unpaired) electrons. The van der Waals surface area contributed by atoms with Crippen LogP contribution in [0.3, 0.4) is 0 Å². The Morgan fingerprint density at radius 1 is 1.24 bits per heavy atom. The van der Waals surface area contributed by atoms with E-state index in [1.165, 1.54) is 24.3 Å². The fourth-order valence-electron chi connectivity index (χ4n) is 1.55. The lowest BCUT2D eigenvalue weighted by Gasteiger charge is -2.23. The molecule has 0 fully saturated rings. The number of amides is 1. The van der Waals surface area contributed by atoms with Crippen LogP contribution in [0.2, 0.25) is 0 Å². The molecule has 1 aromatic carbocycles. The highest BCUT2D eigenvalue weighted by Gasteiger charge is 2.25. The van der Waals surface area contributed by atoms with E-state index in [2.05, 4.69) is 10.0 Å². The summed E-state index contributed by atoms with van der Waals surface area (Å²) < 4.78 is 27.1.